The third kappa shape index (κ3) is 3.71. The van der Waals surface area contributed by atoms with Gasteiger partial charge in [-0.2, -0.15) is 13.2 Å². The Morgan fingerprint density at radius 2 is 1.67 bits per heavy atom. The summed E-state index contributed by atoms with van der Waals surface area (Å²) >= 11 is 11.3. The number of nitrogens with one attached hydrogen (secondary N) is 1. The summed E-state index contributed by atoms with van der Waals surface area (Å²) in [4.78, 5) is 0. The van der Waals surface area contributed by atoms with E-state index in [9.17, 15) is 17.6 Å². The topological polar surface area (TPSA) is 38.0 Å². The van der Waals surface area contributed by atoms with Crippen LogP contribution in [0.1, 0.15) is 5.56 Å². The molecule has 21 heavy (non-hydrogen) atoms. The van der Waals surface area contributed by atoms with Gasteiger partial charge in [0.2, 0.25) is 0 Å². The molecule has 0 aliphatic carbocycles. The van der Waals surface area contributed by atoms with Gasteiger partial charge in [0.05, 0.1) is 22.0 Å². The molecule has 8 heteroatoms. The highest BCUT2D eigenvalue weighted by Gasteiger charge is 2.31. The van der Waals surface area contributed by atoms with Gasteiger partial charge in [-0.3, -0.25) is 0 Å². The Kier molecular flexibility index (Phi) is 4.20. The van der Waals surface area contributed by atoms with Gasteiger partial charge < -0.3 is 11.1 Å². The fraction of sp³-hybridized carbons (Fsp3) is 0.0769. The Hall–Kier alpha value is -1.66. The van der Waals surface area contributed by atoms with Crippen molar-refractivity contribution in [1.29, 1.82) is 0 Å². The first-order chi connectivity index (χ1) is 9.66. The summed E-state index contributed by atoms with van der Waals surface area (Å²) < 4.78 is 51.3. The van der Waals surface area contributed by atoms with Crippen molar-refractivity contribution in [3.8, 4) is 0 Å². The fourth-order valence-electron chi connectivity index (χ4n) is 1.65. The zero-order chi connectivity index (χ0) is 15.8. The van der Waals surface area contributed by atoms with E-state index in [1.54, 1.807) is 0 Å². The first-order valence-electron chi connectivity index (χ1n) is 5.56. The molecular weight excluding hydrogens is 331 g/mol. The van der Waals surface area contributed by atoms with Crippen LogP contribution in [-0.4, -0.2) is 0 Å². The highest BCUT2D eigenvalue weighted by atomic mass is 35.5. The average molecular weight is 339 g/mol. The van der Waals surface area contributed by atoms with Crippen LogP contribution in [0.4, 0.5) is 34.6 Å². The first kappa shape index (κ1) is 15.7. The largest absolute Gasteiger partial charge is 0.416 e. The molecule has 0 aromatic heterocycles. The van der Waals surface area contributed by atoms with Gasteiger partial charge in [0, 0.05) is 16.8 Å². The molecule has 0 bridgehead atoms. The van der Waals surface area contributed by atoms with Crippen molar-refractivity contribution in [2.75, 3.05) is 11.1 Å². The summed E-state index contributed by atoms with van der Waals surface area (Å²) in [5.74, 6) is -0.721. The van der Waals surface area contributed by atoms with Gasteiger partial charge in [0.25, 0.3) is 0 Å². The number of rotatable bonds is 2. The summed E-state index contributed by atoms with van der Waals surface area (Å²) in [5, 5.41) is 2.33. The number of benzene rings is 2. The maximum Gasteiger partial charge on any atom is 0.416 e. The normalized spacial score (nSPS) is 11.5. The molecule has 0 saturated carbocycles. The first-order valence-corrected chi connectivity index (χ1v) is 6.32. The Labute approximate surface area is 127 Å². The fourth-order valence-corrected chi connectivity index (χ4v) is 2.05. The highest BCUT2D eigenvalue weighted by Crippen LogP contribution is 2.35. The number of hydrogen-bond acceptors (Lipinski definition) is 2. The predicted molar refractivity (Wildman–Crippen MR) is 75.6 cm³/mol. The maximum atomic E-state index is 13.2. The minimum Gasteiger partial charge on any atom is -0.397 e. The van der Waals surface area contributed by atoms with Crippen molar-refractivity contribution in [1.82, 2.24) is 0 Å². The molecule has 2 rings (SSSR count). The minimum atomic E-state index is -4.53. The summed E-state index contributed by atoms with van der Waals surface area (Å²) in [6.07, 6.45) is -4.53. The van der Waals surface area contributed by atoms with Crippen LogP contribution in [0.5, 0.6) is 0 Å². The Balaban J connectivity index is 2.40. The molecule has 0 saturated heterocycles. The van der Waals surface area contributed by atoms with Crippen molar-refractivity contribution < 1.29 is 17.6 Å². The second-order valence-electron chi connectivity index (χ2n) is 4.20. The molecule has 112 valence electrons. The molecule has 3 N–H and O–H groups in total. The lowest BCUT2D eigenvalue weighted by molar-refractivity contribution is -0.137. The van der Waals surface area contributed by atoms with Gasteiger partial charge >= 0.3 is 6.18 Å². The van der Waals surface area contributed by atoms with Crippen molar-refractivity contribution in [2.45, 2.75) is 6.18 Å². The lowest BCUT2D eigenvalue weighted by Crippen LogP contribution is -2.06. The summed E-state index contributed by atoms with van der Waals surface area (Å²) in [6, 6.07) is 5.10. The van der Waals surface area contributed by atoms with Crippen LogP contribution in [0.25, 0.3) is 0 Å². The van der Waals surface area contributed by atoms with E-state index in [2.05, 4.69) is 5.32 Å². The van der Waals surface area contributed by atoms with Crippen LogP contribution in [-0.2, 0) is 6.18 Å². The number of anilines is 3. The Bertz CT molecular complexity index is 687. The summed E-state index contributed by atoms with van der Waals surface area (Å²) in [5.41, 5.74) is 4.91. The summed E-state index contributed by atoms with van der Waals surface area (Å²) in [6.45, 7) is 0. The van der Waals surface area contributed by atoms with E-state index < -0.39 is 17.6 Å². The molecule has 2 nitrogen and oxygen atoms in total. The van der Waals surface area contributed by atoms with E-state index in [1.807, 2.05) is 0 Å². The zero-order valence-electron chi connectivity index (χ0n) is 10.2. The Morgan fingerprint density at radius 1 is 1.00 bits per heavy atom. The molecule has 0 spiro atoms. The van der Waals surface area contributed by atoms with Crippen LogP contribution in [0, 0.1) is 5.82 Å². The standard InChI is InChI=1S/C13H8Cl2F4N2/c14-7-1-6(13(17,18)19)2-8(3-7)21-12-4-9(15)10(16)5-11(12)20/h1-5,21H,20H2. The summed E-state index contributed by atoms with van der Waals surface area (Å²) in [7, 11) is 0. The van der Waals surface area contributed by atoms with Crippen LogP contribution >= 0.6 is 23.2 Å². The molecular formula is C13H8Cl2F4N2. The van der Waals surface area contributed by atoms with Crippen LogP contribution < -0.4 is 11.1 Å². The average Bonchev–Trinajstić information content (AvgIpc) is 2.34. The van der Waals surface area contributed by atoms with E-state index in [-0.39, 0.29) is 27.1 Å². The van der Waals surface area contributed by atoms with Crippen molar-refractivity contribution in [3.05, 3.63) is 51.8 Å². The molecule has 0 heterocycles. The van der Waals surface area contributed by atoms with Crippen LogP contribution in [0.2, 0.25) is 10.0 Å². The molecule has 0 unspecified atom stereocenters. The van der Waals surface area contributed by atoms with Gasteiger partial charge in [-0.15, -0.1) is 0 Å². The lowest BCUT2D eigenvalue weighted by Gasteiger charge is -2.13. The van der Waals surface area contributed by atoms with Gasteiger partial charge in [-0.25, -0.2) is 4.39 Å². The van der Waals surface area contributed by atoms with Gasteiger partial charge in [0.1, 0.15) is 5.82 Å². The Morgan fingerprint density at radius 3 is 2.29 bits per heavy atom. The molecule has 0 aliphatic heterocycles. The van der Waals surface area contributed by atoms with E-state index in [0.29, 0.717) is 0 Å². The molecule has 0 aliphatic rings. The van der Waals surface area contributed by atoms with E-state index in [1.165, 1.54) is 12.1 Å². The number of nitrogens with two attached hydrogens (primary N) is 1. The molecule has 2 aromatic carbocycles. The van der Waals surface area contributed by atoms with E-state index in [0.717, 1.165) is 18.2 Å². The molecule has 0 fully saturated rings. The third-order valence-corrected chi connectivity index (χ3v) is 3.10. The SMILES string of the molecule is Nc1cc(F)c(Cl)cc1Nc1cc(Cl)cc(C(F)(F)F)c1. The number of halogens is 6. The number of nitrogen functional groups attached to an aromatic ring is 1. The maximum absolute atomic E-state index is 13.2. The highest BCUT2D eigenvalue weighted by molar-refractivity contribution is 6.31. The lowest BCUT2D eigenvalue weighted by atomic mass is 10.2. The van der Waals surface area contributed by atoms with E-state index >= 15 is 0 Å². The zero-order valence-corrected chi connectivity index (χ0v) is 11.7. The van der Waals surface area contributed by atoms with Gasteiger partial charge in [-0.05, 0) is 24.3 Å². The monoisotopic (exact) mass is 338 g/mol. The van der Waals surface area contributed by atoms with Crippen LogP contribution in [0.15, 0.2) is 30.3 Å². The second-order valence-corrected chi connectivity index (χ2v) is 5.05. The molecule has 0 radical (unpaired) electrons. The van der Waals surface area contributed by atoms with Crippen molar-refractivity contribution in [3.63, 3.8) is 0 Å². The van der Waals surface area contributed by atoms with Crippen LogP contribution in [0.3, 0.4) is 0 Å². The smallest absolute Gasteiger partial charge is 0.397 e. The van der Waals surface area contributed by atoms with Crippen molar-refractivity contribution in [2.24, 2.45) is 0 Å². The molecule has 0 amide bonds. The van der Waals surface area contributed by atoms with E-state index in [4.69, 9.17) is 28.9 Å². The number of alkyl halides is 3. The second kappa shape index (κ2) is 5.61. The predicted octanol–water partition coefficient (Wildman–Crippen LogP) is 5.48. The molecule has 2 aromatic rings. The number of hydrogen-bond donors (Lipinski definition) is 2. The quantitative estimate of drug-likeness (QED) is 0.562. The minimum absolute atomic E-state index is 0.00503. The van der Waals surface area contributed by atoms with Gasteiger partial charge in [-0.1, -0.05) is 23.2 Å². The molecule has 0 atom stereocenters. The van der Waals surface area contributed by atoms with Gasteiger partial charge in [0.15, 0.2) is 0 Å². The van der Waals surface area contributed by atoms with Crippen molar-refractivity contribution >= 4 is 40.3 Å². The third-order valence-electron chi connectivity index (χ3n) is 2.60.